The fraction of sp³-hybridized carbons (Fsp3) is 0.389. The van der Waals surface area contributed by atoms with Crippen LogP contribution in [0.15, 0.2) is 41.3 Å². The predicted molar refractivity (Wildman–Crippen MR) is 94.6 cm³/mol. The van der Waals surface area contributed by atoms with E-state index in [1.54, 1.807) is 13.3 Å². The van der Waals surface area contributed by atoms with Gasteiger partial charge in [-0.05, 0) is 18.9 Å². The Morgan fingerprint density at radius 3 is 3.08 bits per heavy atom. The number of ether oxygens (including phenoxy) is 1. The number of aromatic amines is 1. The Bertz CT molecular complexity index is 790. The SMILES string of the molecule is COc1ccccc1CNC(=O)C1CCCN(c2cn[nH]c(=O)c2)C1. The Labute approximate surface area is 146 Å². The van der Waals surface area contributed by atoms with Gasteiger partial charge in [0.25, 0.3) is 5.56 Å². The summed E-state index contributed by atoms with van der Waals surface area (Å²) in [6.07, 6.45) is 3.36. The molecule has 0 bridgehead atoms. The molecule has 0 radical (unpaired) electrons. The third-order valence-electron chi connectivity index (χ3n) is 4.45. The Morgan fingerprint density at radius 1 is 1.44 bits per heavy atom. The molecule has 1 saturated heterocycles. The number of hydrogen-bond donors (Lipinski definition) is 2. The first-order valence-corrected chi connectivity index (χ1v) is 8.36. The van der Waals surface area contributed by atoms with Crippen LogP contribution in [-0.4, -0.2) is 36.3 Å². The molecule has 1 aliphatic heterocycles. The maximum absolute atomic E-state index is 12.6. The van der Waals surface area contributed by atoms with E-state index < -0.39 is 0 Å². The van der Waals surface area contributed by atoms with Crippen molar-refractivity contribution in [3.8, 4) is 5.75 Å². The highest BCUT2D eigenvalue weighted by atomic mass is 16.5. The maximum atomic E-state index is 12.6. The fourth-order valence-electron chi connectivity index (χ4n) is 3.14. The molecule has 2 heterocycles. The van der Waals surface area contributed by atoms with E-state index in [1.807, 2.05) is 29.2 Å². The van der Waals surface area contributed by atoms with Crippen molar-refractivity contribution in [1.29, 1.82) is 0 Å². The number of nitrogens with zero attached hydrogens (tertiary/aromatic N) is 2. The van der Waals surface area contributed by atoms with Gasteiger partial charge in [-0.15, -0.1) is 0 Å². The summed E-state index contributed by atoms with van der Waals surface area (Å²) in [6.45, 7) is 1.84. The molecule has 7 heteroatoms. The number of anilines is 1. The molecule has 2 N–H and O–H groups in total. The zero-order valence-corrected chi connectivity index (χ0v) is 14.2. The number of rotatable bonds is 5. The summed E-state index contributed by atoms with van der Waals surface area (Å²) in [4.78, 5) is 26.0. The predicted octanol–water partition coefficient (Wildman–Crippen LogP) is 1.31. The first-order valence-electron chi connectivity index (χ1n) is 8.36. The number of amides is 1. The number of para-hydroxylation sites is 1. The van der Waals surface area contributed by atoms with E-state index in [9.17, 15) is 9.59 Å². The Hall–Kier alpha value is -2.83. The highest BCUT2D eigenvalue weighted by Crippen LogP contribution is 2.22. The third-order valence-corrected chi connectivity index (χ3v) is 4.45. The second kappa shape index (κ2) is 7.83. The van der Waals surface area contributed by atoms with Gasteiger partial charge in [0.05, 0.1) is 24.9 Å². The standard InChI is InChI=1S/C18H22N4O3/c1-25-16-7-3-2-5-13(16)10-19-18(24)14-6-4-8-22(12-14)15-9-17(23)21-20-11-15/h2-3,5,7,9,11,14H,4,6,8,10,12H2,1H3,(H,19,24)(H,21,23). The number of piperidine rings is 1. The largest absolute Gasteiger partial charge is 0.496 e. The van der Waals surface area contributed by atoms with E-state index in [2.05, 4.69) is 15.5 Å². The van der Waals surface area contributed by atoms with E-state index in [4.69, 9.17) is 4.74 Å². The minimum atomic E-state index is -0.236. The quantitative estimate of drug-likeness (QED) is 0.855. The number of nitrogens with one attached hydrogen (secondary N) is 2. The lowest BCUT2D eigenvalue weighted by molar-refractivity contribution is -0.125. The molecule has 1 amide bonds. The van der Waals surface area contributed by atoms with Crippen LogP contribution in [0, 0.1) is 5.92 Å². The lowest BCUT2D eigenvalue weighted by Crippen LogP contribution is -2.43. The van der Waals surface area contributed by atoms with Gasteiger partial charge in [-0.1, -0.05) is 18.2 Å². The van der Waals surface area contributed by atoms with Gasteiger partial charge >= 0.3 is 0 Å². The number of hydrogen-bond acceptors (Lipinski definition) is 5. The van der Waals surface area contributed by atoms with Crippen molar-refractivity contribution in [3.63, 3.8) is 0 Å². The van der Waals surface area contributed by atoms with Crippen molar-refractivity contribution in [1.82, 2.24) is 15.5 Å². The number of carbonyl (C=O) groups is 1. The molecule has 1 fully saturated rings. The molecule has 0 spiro atoms. The molecule has 7 nitrogen and oxygen atoms in total. The summed E-state index contributed by atoms with van der Waals surface area (Å²) in [5.41, 5.74) is 1.47. The molecule has 0 saturated carbocycles. The van der Waals surface area contributed by atoms with Crippen LogP contribution < -0.4 is 20.5 Å². The molecule has 25 heavy (non-hydrogen) atoms. The van der Waals surface area contributed by atoms with Crippen LogP contribution >= 0.6 is 0 Å². The van der Waals surface area contributed by atoms with Crippen LogP contribution in [0.25, 0.3) is 0 Å². The van der Waals surface area contributed by atoms with Crippen molar-refractivity contribution in [2.75, 3.05) is 25.1 Å². The van der Waals surface area contributed by atoms with E-state index >= 15 is 0 Å². The first-order chi connectivity index (χ1) is 12.2. The van der Waals surface area contributed by atoms with Crippen LogP contribution in [0.2, 0.25) is 0 Å². The van der Waals surface area contributed by atoms with Gasteiger partial charge in [-0.25, -0.2) is 5.10 Å². The van der Waals surface area contributed by atoms with Crippen molar-refractivity contribution in [2.45, 2.75) is 19.4 Å². The molecule has 1 atom stereocenters. The molecule has 1 unspecified atom stereocenters. The summed E-state index contributed by atoms with van der Waals surface area (Å²) in [5.74, 6) is 0.679. The molecule has 1 aromatic heterocycles. The monoisotopic (exact) mass is 342 g/mol. The number of benzene rings is 1. The van der Waals surface area contributed by atoms with Crippen LogP contribution in [0.1, 0.15) is 18.4 Å². The fourth-order valence-corrected chi connectivity index (χ4v) is 3.14. The number of carbonyl (C=O) groups excluding carboxylic acids is 1. The van der Waals surface area contributed by atoms with Gasteiger partial charge in [-0.2, -0.15) is 5.10 Å². The molecular weight excluding hydrogens is 320 g/mol. The number of H-pyrrole nitrogens is 1. The van der Waals surface area contributed by atoms with Gasteiger partial charge in [0.2, 0.25) is 5.91 Å². The summed E-state index contributed by atoms with van der Waals surface area (Å²) >= 11 is 0. The van der Waals surface area contributed by atoms with Gasteiger partial charge in [-0.3, -0.25) is 9.59 Å². The van der Waals surface area contributed by atoms with Crippen LogP contribution in [-0.2, 0) is 11.3 Å². The third kappa shape index (κ3) is 4.17. The number of methoxy groups -OCH3 is 1. The van der Waals surface area contributed by atoms with Crippen molar-refractivity contribution < 1.29 is 9.53 Å². The molecular formula is C18H22N4O3. The second-order valence-corrected chi connectivity index (χ2v) is 6.12. The van der Waals surface area contributed by atoms with Crippen LogP contribution in [0.3, 0.4) is 0 Å². The lowest BCUT2D eigenvalue weighted by Gasteiger charge is -2.33. The summed E-state index contributed by atoms with van der Waals surface area (Å²) < 4.78 is 5.31. The van der Waals surface area contributed by atoms with Crippen molar-refractivity contribution >= 4 is 11.6 Å². The topological polar surface area (TPSA) is 87.3 Å². The van der Waals surface area contributed by atoms with E-state index in [1.165, 1.54) is 6.07 Å². The molecule has 1 aliphatic rings. The minimum absolute atomic E-state index is 0.0217. The average molecular weight is 342 g/mol. The zero-order chi connectivity index (χ0) is 17.6. The molecule has 132 valence electrons. The van der Waals surface area contributed by atoms with E-state index in [-0.39, 0.29) is 17.4 Å². The number of aromatic nitrogens is 2. The summed E-state index contributed by atoms with van der Waals surface area (Å²) in [5, 5.41) is 9.20. The van der Waals surface area contributed by atoms with Gasteiger partial charge < -0.3 is 15.0 Å². The maximum Gasteiger partial charge on any atom is 0.266 e. The highest BCUT2D eigenvalue weighted by Gasteiger charge is 2.26. The molecule has 1 aromatic carbocycles. The molecule has 2 aromatic rings. The zero-order valence-electron chi connectivity index (χ0n) is 14.2. The second-order valence-electron chi connectivity index (χ2n) is 6.12. The Balaban J connectivity index is 1.61. The normalized spacial score (nSPS) is 17.2. The summed E-state index contributed by atoms with van der Waals surface area (Å²) in [7, 11) is 1.62. The van der Waals surface area contributed by atoms with Crippen LogP contribution in [0.4, 0.5) is 5.69 Å². The Morgan fingerprint density at radius 2 is 2.28 bits per heavy atom. The van der Waals surface area contributed by atoms with Gasteiger partial charge in [0.1, 0.15) is 5.75 Å². The summed E-state index contributed by atoms with van der Waals surface area (Å²) in [6, 6.07) is 9.16. The van der Waals surface area contributed by atoms with Crippen molar-refractivity contribution in [3.05, 3.63) is 52.4 Å². The van der Waals surface area contributed by atoms with Gasteiger partial charge in [0, 0.05) is 31.3 Å². The van der Waals surface area contributed by atoms with E-state index in [0.717, 1.165) is 36.4 Å². The van der Waals surface area contributed by atoms with Gasteiger partial charge in [0.15, 0.2) is 0 Å². The Kier molecular flexibility index (Phi) is 5.33. The average Bonchev–Trinajstić information content (AvgIpc) is 2.66. The first kappa shape index (κ1) is 17.0. The lowest BCUT2D eigenvalue weighted by atomic mass is 9.96. The minimum Gasteiger partial charge on any atom is -0.496 e. The van der Waals surface area contributed by atoms with Crippen LogP contribution in [0.5, 0.6) is 5.75 Å². The smallest absolute Gasteiger partial charge is 0.266 e. The highest BCUT2D eigenvalue weighted by molar-refractivity contribution is 5.79. The van der Waals surface area contributed by atoms with Crippen molar-refractivity contribution in [2.24, 2.45) is 5.92 Å². The van der Waals surface area contributed by atoms with E-state index in [0.29, 0.717) is 13.1 Å². The molecule has 3 rings (SSSR count). The molecule has 0 aliphatic carbocycles.